The number of hydrogen-bond acceptors (Lipinski definition) is 1. The highest BCUT2D eigenvalue weighted by atomic mass is 127. The molecule has 2 rings (SSSR count). The van der Waals surface area contributed by atoms with E-state index in [0.29, 0.717) is 0 Å². The van der Waals surface area contributed by atoms with Gasteiger partial charge in [0.05, 0.1) is 7.05 Å². The first-order chi connectivity index (χ1) is 5.38. The number of aromatic nitrogens is 2. The fraction of sp³-hybridized carbons (Fsp3) is 0.111. The van der Waals surface area contributed by atoms with Crippen LogP contribution in [0.25, 0.3) is 11.4 Å². The lowest BCUT2D eigenvalue weighted by Crippen LogP contribution is -3.00. The molecule has 0 amide bonds. The van der Waals surface area contributed by atoms with Crippen molar-refractivity contribution in [1.82, 2.24) is 4.98 Å². The normalized spacial score (nSPS) is 9.42. The standard InChI is InChI=1S/C9H9N2.HI/c1-11-7-10-8-5-3-2-4-6-9(8)11;/h2-7H,1H3;1H/q+1;/p-1. The summed E-state index contributed by atoms with van der Waals surface area (Å²) in [4.78, 5) is 4.22. The molecular weight excluding hydrogens is 263 g/mol. The molecule has 0 unspecified atom stereocenters. The van der Waals surface area contributed by atoms with E-state index in [2.05, 4.69) is 11.1 Å². The smallest absolute Gasteiger partial charge is 0.287 e. The van der Waals surface area contributed by atoms with Gasteiger partial charge in [-0.1, -0.05) is 18.2 Å². The Balaban J connectivity index is 0.000000720. The molecule has 3 heteroatoms. The van der Waals surface area contributed by atoms with Gasteiger partial charge in [0.2, 0.25) is 5.69 Å². The van der Waals surface area contributed by atoms with E-state index in [1.807, 2.05) is 42.2 Å². The molecule has 0 spiro atoms. The zero-order valence-corrected chi connectivity index (χ0v) is 8.89. The maximum atomic E-state index is 4.22. The molecule has 0 saturated heterocycles. The Morgan fingerprint density at radius 2 is 1.92 bits per heavy atom. The fourth-order valence-electron chi connectivity index (χ4n) is 1.15. The highest BCUT2D eigenvalue weighted by Gasteiger charge is 2.12. The van der Waals surface area contributed by atoms with Crippen molar-refractivity contribution in [2.75, 3.05) is 0 Å². The van der Waals surface area contributed by atoms with Gasteiger partial charge in [-0.25, -0.2) is 4.57 Å². The summed E-state index contributed by atoms with van der Waals surface area (Å²) in [6, 6.07) is 10.1. The Hall–Kier alpha value is -0.710. The number of hydrogen-bond donors (Lipinski definition) is 0. The third-order valence-corrected chi connectivity index (χ3v) is 1.74. The maximum absolute atomic E-state index is 4.22. The van der Waals surface area contributed by atoms with Crippen LogP contribution in [0.5, 0.6) is 0 Å². The topological polar surface area (TPSA) is 16.8 Å². The molecule has 0 atom stereocenters. The summed E-state index contributed by atoms with van der Waals surface area (Å²) in [7, 11) is 2.00. The predicted molar refractivity (Wildman–Crippen MR) is 42.0 cm³/mol. The van der Waals surface area contributed by atoms with Crippen LogP contribution in [0.1, 0.15) is 0 Å². The van der Waals surface area contributed by atoms with Gasteiger partial charge in [0.25, 0.3) is 6.33 Å². The molecule has 0 aromatic carbocycles. The van der Waals surface area contributed by atoms with Crippen molar-refractivity contribution < 1.29 is 28.5 Å². The minimum Gasteiger partial charge on any atom is -1.00 e. The van der Waals surface area contributed by atoms with Crippen LogP contribution < -0.4 is 28.5 Å². The van der Waals surface area contributed by atoms with Gasteiger partial charge in [-0.3, -0.25) is 0 Å². The summed E-state index contributed by atoms with van der Waals surface area (Å²) < 4.78 is 2.01. The van der Waals surface area contributed by atoms with Crippen molar-refractivity contribution in [2.45, 2.75) is 0 Å². The molecule has 0 aromatic heterocycles. The third-order valence-electron chi connectivity index (χ3n) is 1.74. The minimum absolute atomic E-state index is 0. The lowest BCUT2D eigenvalue weighted by atomic mass is 10.3. The first kappa shape index (κ1) is 9.38. The largest absolute Gasteiger partial charge is 1.00 e. The van der Waals surface area contributed by atoms with Crippen LogP contribution >= 0.6 is 0 Å². The average Bonchev–Trinajstić information content (AvgIpc) is 2.25. The van der Waals surface area contributed by atoms with Gasteiger partial charge < -0.3 is 24.0 Å². The Morgan fingerprint density at radius 1 is 1.17 bits per heavy atom. The molecule has 2 nitrogen and oxygen atoms in total. The molecule has 0 aromatic rings. The number of halogens is 1. The van der Waals surface area contributed by atoms with Crippen LogP contribution in [-0.2, 0) is 7.05 Å². The van der Waals surface area contributed by atoms with Crippen LogP contribution in [0.2, 0.25) is 0 Å². The first-order valence-corrected chi connectivity index (χ1v) is 3.57. The molecular formula is C9H9IN2. The average molecular weight is 272 g/mol. The van der Waals surface area contributed by atoms with E-state index in [4.69, 9.17) is 0 Å². The van der Waals surface area contributed by atoms with Crippen LogP contribution in [0.4, 0.5) is 0 Å². The second kappa shape index (κ2) is 3.80. The summed E-state index contributed by atoms with van der Waals surface area (Å²) in [6.07, 6.45) is 1.82. The van der Waals surface area contributed by atoms with Crippen molar-refractivity contribution in [3.05, 3.63) is 36.7 Å². The van der Waals surface area contributed by atoms with Crippen molar-refractivity contribution in [3.8, 4) is 11.4 Å². The van der Waals surface area contributed by atoms with Crippen LogP contribution in [0.3, 0.4) is 0 Å². The first-order valence-electron chi connectivity index (χ1n) is 3.57. The van der Waals surface area contributed by atoms with Gasteiger partial charge in [0, 0.05) is 0 Å². The Labute approximate surface area is 88.6 Å². The highest BCUT2D eigenvalue weighted by molar-refractivity contribution is 5.50. The van der Waals surface area contributed by atoms with Gasteiger partial charge in [0.15, 0.2) is 5.69 Å². The quantitative estimate of drug-likeness (QED) is 0.401. The van der Waals surface area contributed by atoms with Crippen molar-refractivity contribution in [3.63, 3.8) is 0 Å². The Kier molecular flexibility index (Phi) is 2.97. The van der Waals surface area contributed by atoms with Crippen molar-refractivity contribution in [1.29, 1.82) is 0 Å². The second-order valence-electron chi connectivity index (χ2n) is 2.54. The summed E-state index contributed by atoms with van der Waals surface area (Å²) in [5.41, 5.74) is 2.20. The zero-order valence-electron chi connectivity index (χ0n) is 6.74. The lowest BCUT2D eigenvalue weighted by Gasteiger charge is -1.83. The van der Waals surface area contributed by atoms with E-state index in [9.17, 15) is 0 Å². The Morgan fingerprint density at radius 3 is 2.75 bits per heavy atom. The zero-order chi connectivity index (χ0) is 7.68. The summed E-state index contributed by atoms with van der Waals surface area (Å²) in [5.74, 6) is 0. The number of imidazole rings is 1. The van der Waals surface area contributed by atoms with Gasteiger partial charge in [-0.15, -0.1) is 0 Å². The van der Waals surface area contributed by atoms with E-state index in [-0.39, 0.29) is 24.0 Å². The molecule has 0 bridgehead atoms. The fourth-order valence-corrected chi connectivity index (χ4v) is 1.15. The monoisotopic (exact) mass is 272 g/mol. The Bertz CT molecular complexity index is 349. The number of aryl methyl sites for hydroxylation is 1. The molecule has 1 heterocycles. The predicted octanol–water partition coefficient (Wildman–Crippen LogP) is -1.99. The van der Waals surface area contributed by atoms with E-state index >= 15 is 0 Å². The van der Waals surface area contributed by atoms with Gasteiger partial charge in [-0.2, -0.15) is 0 Å². The molecule has 0 N–H and O–H groups in total. The number of fused-ring (bicyclic) bond motifs is 1. The summed E-state index contributed by atoms with van der Waals surface area (Å²) in [5, 5.41) is 0. The van der Waals surface area contributed by atoms with Crippen LogP contribution in [0, 0.1) is 0 Å². The van der Waals surface area contributed by atoms with Gasteiger partial charge in [0.1, 0.15) is 0 Å². The summed E-state index contributed by atoms with van der Waals surface area (Å²) in [6.45, 7) is 0. The van der Waals surface area contributed by atoms with Crippen LogP contribution in [-0.4, -0.2) is 4.98 Å². The molecule has 0 radical (unpaired) electrons. The molecule has 62 valence electrons. The van der Waals surface area contributed by atoms with E-state index in [0.717, 1.165) is 11.4 Å². The van der Waals surface area contributed by atoms with Gasteiger partial charge in [-0.05, 0) is 17.1 Å². The SMILES string of the molecule is C[n+]1cnc2cccccc1-2.[I-]. The van der Waals surface area contributed by atoms with E-state index < -0.39 is 0 Å². The van der Waals surface area contributed by atoms with E-state index in [1.54, 1.807) is 0 Å². The number of nitrogens with zero attached hydrogens (tertiary/aromatic N) is 2. The summed E-state index contributed by atoms with van der Waals surface area (Å²) >= 11 is 0. The highest BCUT2D eigenvalue weighted by Crippen LogP contribution is 2.10. The third kappa shape index (κ3) is 1.55. The molecule has 0 fully saturated rings. The van der Waals surface area contributed by atoms with Crippen molar-refractivity contribution >= 4 is 0 Å². The minimum atomic E-state index is 0. The molecule has 2 aliphatic rings. The molecule has 12 heavy (non-hydrogen) atoms. The second-order valence-corrected chi connectivity index (χ2v) is 2.54. The molecule has 1 aliphatic heterocycles. The lowest BCUT2D eigenvalue weighted by molar-refractivity contribution is -0.658. The van der Waals surface area contributed by atoms with E-state index in [1.165, 1.54) is 0 Å². The number of rotatable bonds is 0. The van der Waals surface area contributed by atoms with Gasteiger partial charge >= 0.3 is 0 Å². The molecule has 0 saturated carbocycles. The maximum Gasteiger partial charge on any atom is 0.287 e. The van der Waals surface area contributed by atoms with Crippen molar-refractivity contribution in [2.24, 2.45) is 7.05 Å². The molecule has 1 aliphatic carbocycles. The van der Waals surface area contributed by atoms with Crippen LogP contribution in [0.15, 0.2) is 36.7 Å².